The smallest absolute Gasteiger partial charge is 0.306 e. The molecule has 2 aromatic rings. The number of likely N-dealkylation sites (tertiary alicyclic amines) is 1. The molecule has 1 aliphatic heterocycles. The number of piperidine rings is 1. The predicted molar refractivity (Wildman–Crippen MR) is 82.9 cm³/mol. The van der Waals surface area contributed by atoms with E-state index in [0.29, 0.717) is 37.5 Å². The Kier molecular flexibility index (Phi) is 4.14. The number of hydrogen-bond acceptors (Lipinski definition) is 4. The number of hydrogen-bond donors (Lipinski definition) is 1. The molecule has 0 bridgehead atoms. The second kappa shape index (κ2) is 6.24. The van der Waals surface area contributed by atoms with Crippen molar-refractivity contribution in [2.75, 3.05) is 13.1 Å². The van der Waals surface area contributed by atoms with Gasteiger partial charge in [0.15, 0.2) is 0 Å². The summed E-state index contributed by atoms with van der Waals surface area (Å²) in [6.07, 6.45) is 0.944. The zero-order chi connectivity index (χ0) is 16.4. The number of nitrogens with zero attached hydrogens (tertiary/aromatic N) is 2. The standard InChI is InChI=1S/C17H18N2O4/c1-11-14(23-15(18-11)12-5-3-2-4-6-12)16(20)19-9-7-13(8-10-19)17(21)22/h2-6,13H,7-10H2,1H3,(H,21,22). The minimum atomic E-state index is -0.792. The van der Waals surface area contributed by atoms with Crippen LogP contribution in [0.1, 0.15) is 29.1 Å². The Morgan fingerprint density at radius 2 is 1.87 bits per heavy atom. The molecule has 23 heavy (non-hydrogen) atoms. The van der Waals surface area contributed by atoms with E-state index in [1.54, 1.807) is 11.8 Å². The second-order valence-electron chi connectivity index (χ2n) is 5.70. The first kappa shape index (κ1) is 15.3. The normalized spacial score (nSPS) is 15.6. The monoisotopic (exact) mass is 314 g/mol. The third-order valence-corrected chi connectivity index (χ3v) is 4.14. The molecule has 1 aliphatic rings. The molecule has 0 aliphatic carbocycles. The van der Waals surface area contributed by atoms with Gasteiger partial charge < -0.3 is 14.4 Å². The molecule has 1 fully saturated rings. The van der Waals surface area contributed by atoms with Gasteiger partial charge in [0.1, 0.15) is 0 Å². The first-order valence-electron chi connectivity index (χ1n) is 7.61. The molecule has 0 saturated carbocycles. The predicted octanol–water partition coefficient (Wildman–Crippen LogP) is 2.59. The van der Waals surface area contributed by atoms with Gasteiger partial charge in [0.2, 0.25) is 11.7 Å². The summed E-state index contributed by atoms with van der Waals surface area (Å²) in [5, 5.41) is 9.02. The Morgan fingerprint density at radius 3 is 2.48 bits per heavy atom. The number of carbonyl (C=O) groups excluding carboxylic acids is 1. The molecule has 0 spiro atoms. The van der Waals surface area contributed by atoms with Gasteiger partial charge in [-0.2, -0.15) is 0 Å². The highest BCUT2D eigenvalue weighted by molar-refractivity contribution is 5.93. The van der Waals surface area contributed by atoms with Gasteiger partial charge in [0, 0.05) is 18.7 Å². The average molecular weight is 314 g/mol. The van der Waals surface area contributed by atoms with Crippen LogP contribution in [0.2, 0.25) is 0 Å². The highest BCUT2D eigenvalue weighted by Crippen LogP contribution is 2.24. The number of amides is 1. The highest BCUT2D eigenvalue weighted by Gasteiger charge is 2.30. The van der Waals surface area contributed by atoms with Crippen LogP contribution in [-0.2, 0) is 4.79 Å². The van der Waals surface area contributed by atoms with Crippen LogP contribution in [0.3, 0.4) is 0 Å². The van der Waals surface area contributed by atoms with E-state index in [2.05, 4.69) is 4.98 Å². The summed E-state index contributed by atoms with van der Waals surface area (Å²) >= 11 is 0. The van der Waals surface area contributed by atoms with E-state index < -0.39 is 5.97 Å². The quantitative estimate of drug-likeness (QED) is 0.941. The largest absolute Gasteiger partial charge is 0.481 e. The molecule has 2 heterocycles. The number of carboxylic acid groups (broad SMARTS) is 1. The second-order valence-corrected chi connectivity index (χ2v) is 5.70. The number of aryl methyl sites for hydroxylation is 1. The third kappa shape index (κ3) is 3.11. The number of oxazole rings is 1. The van der Waals surface area contributed by atoms with Crippen LogP contribution in [0.25, 0.3) is 11.5 Å². The van der Waals surface area contributed by atoms with Crippen molar-refractivity contribution < 1.29 is 19.1 Å². The molecular weight excluding hydrogens is 296 g/mol. The Hall–Kier alpha value is -2.63. The number of carbonyl (C=O) groups is 2. The van der Waals surface area contributed by atoms with Gasteiger partial charge in [-0.3, -0.25) is 9.59 Å². The van der Waals surface area contributed by atoms with E-state index in [1.807, 2.05) is 30.3 Å². The van der Waals surface area contributed by atoms with Gasteiger partial charge in [-0.1, -0.05) is 18.2 Å². The maximum Gasteiger partial charge on any atom is 0.306 e. The molecule has 120 valence electrons. The lowest BCUT2D eigenvalue weighted by Gasteiger charge is -2.29. The number of aromatic nitrogens is 1. The van der Waals surface area contributed by atoms with E-state index in [1.165, 1.54) is 0 Å². The van der Waals surface area contributed by atoms with Crippen molar-refractivity contribution in [2.45, 2.75) is 19.8 Å². The van der Waals surface area contributed by atoms with Gasteiger partial charge in [-0.05, 0) is 31.9 Å². The van der Waals surface area contributed by atoms with E-state index >= 15 is 0 Å². The Morgan fingerprint density at radius 1 is 1.22 bits per heavy atom. The van der Waals surface area contributed by atoms with Crippen molar-refractivity contribution in [3.05, 3.63) is 41.8 Å². The van der Waals surface area contributed by atoms with Crippen molar-refractivity contribution in [2.24, 2.45) is 5.92 Å². The molecule has 1 aromatic heterocycles. The molecule has 0 radical (unpaired) electrons. The van der Waals surface area contributed by atoms with Crippen molar-refractivity contribution >= 4 is 11.9 Å². The molecule has 3 rings (SSSR count). The van der Waals surface area contributed by atoms with Gasteiger partial charge in [-0.25, -0.2) is 4.98 Å². The first-order valence-corrected chi connectivity index (χ1v) is 7.61. The van der Waals surface area contributed by atoms with Crippen LogP contribution < -0.4 is 0 Å². The average Bonchev–Trinajstić information content (AvgIpc) is 2.97. The molecule has 6 nitrogen and oxygen atoms in total. The lowest BCUT2D eigenvalue weighted by molar-refractivity contribution is -0.143. The van der Waals surface area contributed by atoms with Crippen LogP contribution in [0, 0.1) is 12.8 Å². The summed E-state index contributed by atoms with van der Waals surface area (Å²) in [5.74, 6) is -0.723. The van der Waals surface area contributed by atoms with Crippen LogP contribution >= 0.6 is 0 Å². The number of carboxylic acids is 1. The number of rotatable bonds is 3. The Labute approximate surface area is 133 Å². The zero-order valence-electron chi connectivity index (χ0n) is 12.9. The van der Waals surface area contributed by atoms with E-state index in [-0.39, 0.29) is 17.6 Å². The molecule has 0 atom stereocenters. The Bertz CT molecular complexity index is 715. The maximum atomic E-state index is 12.6. The lowest BCUT2D eigenvalue weighted by atomic mass is 9.97. The number of benzene rings is 1. The number of aliphatic carboxylic acids is 1. The van der Waals surface area contributed by atoms with E-state index in [4.69, 9.17) is 9.52 Å². The van der Waals surface area contributed by atoms with Crippen LogP contribution in [0.15, 0.2) is 34.7 Å². The van der Waals surface area contributed by atoms with Crippen LogP contribution in [0.4, 0.5) is 0 Å². The van der Waals surface area contributed by atoms with E-state index in [0.717, 1.165) is 5.56 Å². The molecule has 1 N–H and O–H groups in total. The SMILES string of the molecule is Cc1nc(-c2ccccc2)oc1C(=O)N1CCC(C(=O)O)CC1. The summed E-state index contributed by atoms with van der Waals surface area (Å²) in [6, 6.07) is 9.41. The molecule has 1 amide bonds. The lowest BCUT2D eigenvalue weighted by Crippen LogP contribution is -2.40. The van der Waals surface area contributed by atoms with Crippen molar-refractivity contribution in [3.63, 3.8) is 0 Å². The highest BCUT2D eigenvalue weighted by atomic mass is 16.4. The van der Waals surface area contributed by atoms with Gasteiger partial charge in [0.05, 0.1) is 11.6 Å². The fraction of sp³-hybridized carbons (Fsp3) is 0.353. The summed E-state index contributed by atoms with van der Waals surface area (Å²) < 4.78 is 5.67. The molecule has 6 heteroatoms. The van der Waals surface area contributed by atoms with Crippen molar-refractivity contribution in [1.29, 1.82) is 0 Å². The molecule has 1 saturated heterocycles. The zero-order valence-corrected chi connectivity index (χ0v) is 12.9. The minimum absolute atomic E-state index is 0.221. The van der Waals surface area contributed by atoms with Crippen molar-refractivity contribution in [1.82, 2.24) is 9.88 Å². The first-order chi connectivity index (χ1) is 11.1. The maximum absolute atomic E-state index is 12.6. The van der Waals surface area contributed by atoms with E-state index in [9.17, 15) is 9.59 Å². The summed E-state index contributed by atoms with van der Waals surface area (Å²) in [7, 11) is 0. The molecule has 0 unspecified atom stereocenters. The third-order valence-electron chi connectivity index (χ3n) is 4.14. The van der Waals surface area contributed by atoms with Gasteiger partial charge >= 0.3 is 5.97 Å². The van der Waals surface area contributed by atoms with Crippen LogP contribution in [-0.4, -0.2) is 40.0 Å². The molecular formula is C17H18N2O4. The Balaban J connectivity index is 1.76. The van der Waals surface area contributed by atoms with Crippen LogP contribution in [0.5, 0.6) is 0 Å². The van der Waals surface area contributed by atoms with Gasteiger partial charge in [0.25, 0.3) is 5.91 Å². The van der Waals surface area contributed by atoms with Gasteiger partial charge in [-0.15, -0.1) is 0 Å². The summed E-state index contributed by atoms with van der Waals surface area (Å²) in [6.45, 7) is 2.60. The topological polar surface area (TPSA) is 83.6 Å². The summed E-state index contributed by atoms with van der Waals surface area (Å²) in [4.78, 5) is 29.5. The molecule has 1 aromatic carbocycles. The fourth-order valence-corrected chi connectivity index (χ4v) is 2.77. The fourth-order valence-electron chi connectivity index (χ4n) is 2.77. The van der Waals surface area contributed by atoms with Crippen molar-refractivity contribution in [3.8, 4) is 11.5 Å². The summed E-state index contributed by atoms with van der Waals surface area (Å²) in [5.41, 5.74) is 1.37. The minimum Gasteiger partial charge on any atom is -0.481 e.